The van der Waals surface area contributed by atoms with Gasteiger partial charge in [-0.05, 0) is 31.7 Å². The molecule has 1 aliphatic heterocycles. The smallest absolute Gasteiger partial charge is 0.433 e. The van der Waals surface area contributed by atoms with Gasteiger partial charge in [0, 0.05) is 30.1 Å². The van der Waals surface area contributed by atoms with Crippen LogP contribution in [0.25, 0.3) is 0 Å². The summed E-state index contributed by atoms with van der Waals surface area (Å²) in [5.41, 5.74) is -1.03. The van der Waals surface area contributed by atoms with Crippen molar-refractivity contribution in [2.45, 2.75) is 70.5 Å². The standard InChI is InChI=1S/C26H35F3N6O3/c1-25(2,3)23-31-20(26(27,28)29)16-21(32-23)33-11-14-35(15-12-33,17-22(36)37)13-5-4-9-34-10-8-19(18-6-7-18)30-24(34)38/h8,10,16,18H,4-7,9,11-15,17H2,1-3H3/p+1. The second kappa shape index (κ2) is 10.6. The van der Waals surface area contributed by atoms with E-state index < -0.39 is 23.3 Å². The SMILES string of the molecule is CC(C)(C)c1nc(N2CC[N+](CCCCn3ccc(C4CC4)nc3=O)(CC(=O)O)CC2)cc(C(F)(F)F)n1. The number of hydrogen-bond acceptors (Lipinski definition) is 6. The number of carboxylic acid groups (broad SMARTS) is 1. The van der Waals surface area contributed by atoms with Gasteiger partial charge in [0.1, 0.15) is 17.3 Å². The molecule has 0 atom stereocenters. The highest BCUT2D eigenvalue weighted by atomic mass is 19.4. The number of halogens is 3. The van der Waals surface area contributed by atoms with Crippen molar-refractivity contribution in [1.82, 2.24) is 19.5 Å². The molecule has 2 aliphatic rings. The van der Waals surface area contributed by atoms with Crippen molar-refractivity contribution in [2.24, 2.45) is 0 Å². The van der Waals surface area contributed by atoms with Crippen LogP contribution in [0.4, 0.5) is 19.0 Å². The van der Waals surface area contributed by atoms with E-state index in [0.29, 0.717) is 62.5 Å². The molecule has 12 heteroatoms. The number of quaternary nitrogens is 1. The van der Waals surface area contributed by atoms with Gasteiger partial charge >= 0.3 is 17.8 Å². The first-order valence-electron chi connectivity index (χ1n) is 13.1. The van der Waals surface area contributed by atoms with E-state index in [1.54, 1.807) is 36.4 Å². The van der Waals surface area contributed by atoms with Gasteiger partial charge in [0.15, 0.2) is 6.54 Å². The third-order valence-electron chi connectivity index (χ3n) is 7.33. The predicted molar refractivity (Wildman–Crippen MR) is 135 cm³/mol. The number of carboxylic acids is 1. The number of aryl methyl sites for hydroxylation is 1. The first-order valence-corrected chi connectivity index (χ1v) is 13.1. The molecule has 0 unspecified atom stereocenters. The Bertz CT molecular complexity index is 1180. The van der Waals surface area contributed by atoms with Crippen molar-refractivity contribution in [2.75, 3.05) is 44.2 Å². The second-order valence-corrected chi connectivity index (χ2v) is 11.5. The Morgan fingerprint density at radius 1 is 1.11 bits per heavy atom. The highest BCUT2D eigenvalue weighted by molar-refractivity contribution is 5.68. The number of aliphatic carboxylic acids is 1. The molecule has 9 nitrogen and oxygen atoms in total. The monoisotopic (exact) mass is 537 g/mol. The number of piperazine rings is 1. The lowest BCUT2D eigenvalue weighted by atomic mass is 9.95. The number of nitrogens with zero attached hydrogens (tertiary/aromatic N) is 6. The Kier molecular flexibility index (Phi) is 7.83. The summed E-state index contributed by atoms with van der Waals surface area (Å²) in [6.07, 6.45) is 0.762. The lowest BCUT2D eigenvalue weighted by Gasteiger charge is -2.44. The maximum absolute atomic E-state index is 13.5. The van der Waals surface area contributed by atoms with Crippen molar-refractivity contribution in [3.05, 3.63) is 46.0 Å². The predicted octanol–water partition coefficient (Wildman–Crippen LogP) is 3.43. The zero-order valence-electron chi connectivity index (χ0n) is 22.2. The van der Waals surface area contributed by atoms with Crippen LogP contribution in [0.15, 0.2) is 23.1 Å². The van der Waals surface area contributed by atoms with E-state index in [1.165, 1.54) is 0 Å². The van der Waals surface area contributed by atoms with E-state index in [-0.39, 0.29) is 23.9 Å². The van der Waals surface area contributed by atoms with Gasteiger partial charge in [-0.3, -0.25) is 4.57 Å². The lowest BCUT2D eigenvalue weighted by Crippen LogP contribution is -2.62. The van der Waals surface area contributed by atoms with Crippen molar-refractivity contribution in [3.8, 4) is 0 Å². The molecule has 2 aromatic heterocycles. The zero-order chi connectivity index (χ0) is 27.7. The van der Waals surface area contributed by atoms with E-state index in [4.69, 9.17) is 0 Å². The van der Waals surface area contributed by atoms with Gasteiger partial charge in [0.25, 0.3) is 0 Å². The molecule has 2 fully saturated rings. The Labute approximate surface area is 219 Å². The maximum Gasteiger partial charge on any atom is 0.433 e. The fraction of sp³-hybridized carbons (Fsp3) is 0.654. The minimum absolute atomic E-state index is 0.0593. The van der Waals surface area contributed by atoms with Crippen molar-refractivity contribution < 1.29 is 27.6 Å². The summed E-state index contributed by atoms with van der Waals surface area (Å²) in [7, 11) is 0. The first kappa shape index (κ1) is 28.0. The van der Waals surface area contributed by atoms with Crippen LogP contribution in [-0.2, 0) is 22.9 Å². The molecule has 3 heterocycles. The van der Waals surface area contributed by atoms with Crippen molar-refractivity contribution in [3.63, 3.8) is 0 Å². The maximum atomic E-state index is 13.5. The molecular formula is C26H36F3N6O3+. The summed E-state index contributed by atoms with van der Waals surface area (Å²) >= 11 is 0. The van der Waals surface area contributed by atoms with Gasteiger partial charge in [-0.25, -0.2) is 19.6 Å². The van der Waals surface area contributed by atoms with E-state index >= 15 is 0 Å². The van der Waals surface area contributed by atoms with E-state index in [0.717, 1.165) is 24.6 Å². The van der Waals surface area contributed by atoms with Gasteiger partial charge in [-0.2, -0.15) is 18.2 Å². The van der Waals surface area contributed by atoms with Crippen LogP contribution in [0, 0.1) is 0 Å². The number of rotatable bonds is 9. The third-order valence-corrected chi connectivity index (χ3v) is 7.33. The van der Waals surface area contributed by atoms with Crippen LogP contribution >= 0.6 is 0 Å². The highest BCUT2D eigenvalue weighted by Gasteiger charge is 2.38. The van der Waals surface area contributed by atoms with Gasteiger partial charge in [-0.15, -0.1) is 0 Å². The molecule has 0 spiro atoms. The Hall–Kier alpha value is -3.02. The highest BCUT2D eigenvalue weighted by Crippen LogP contribution is 2.38. The largest absolute Gasteiger partial charge is 0.477 e. The number of unbranched alkanes of at least 4 members (excludes halogenated alkanes) is 1. The Morgan fingerprint density at radius 3 is 2.34 bits per heavy atom. The van der Waals surface area contributed by atoms with Crippen molar-refractivity contribution in [1.29, 1.82) is 0 Å². The van der Waals surface area contributed by atoms with Crippen LogP contribution in [-0.4, -0.2) is 74.3 Å². The summed E-state index contributed by atoms with van der Waals surface area (Å²) in [4.78, 5) is 38.2. The number of alkyl halides is 3. The fourth-order valence-corrected chi connectivity index (χ4v) is 4.89. The van der Waals surface area contributed by atoms with E-state index in [2.05, 4.69) is 15.0 Å². The van der Waals surface area contributed by atoms with E-state index in [9.17, 15) is 27.9 Å². The zero-order valence-corrected chi connectivity index (χ0v) is 22.2. The molecule has 1 saturated heterocycles. The number of hydrogen-bond donors (Lipinski definition) is 1. The topological polar surface area (TPSA) is 101 Å². The molecule has 4 rings (SSSR count). The molecule has 0 bridgehead atoms. The average Bonchev–Trinajstić information content (AvgIpc) is 3.67. The van der Waals surface area contributed by atoms with Crippen LogP contribution in [0.1, 0.15) is 69.6 Å². The Morgan fingerprint density at radius 2 is 1.79 bits per heavy atom. The second-order valence-electron chi connectivity index (χ2n) is 11.5. The van der Waals surface area contributed by atoms with Gasteiger partial charge in [0.05, 0.1) is 38.4 Å². The summed E-state index contributed by atoms with van der Waals surface area (Å²) in [5, 5.41) is 9.58. The van der Waals surface area contributed by atoms with Crippen LogP contribution in [0.3, 0.4) is 0 Å². The van der Waals surface area contributed by atoms with Gasteiger partial charge in [-0.1, -0.05) is 20.8 Å². The quantitative estimate of drug-likeness (QED) is 0.386. The summed E-state index contributed by atoms with van der Waals surface area (Å²) < 4.78 is 42.6. The molecule has 1 saturated carbocycles. The number of anilines is 1. The first-order chi connectivity index (χ1) is 17.8. The van der Waals surface area contributed by atoms with Crippen LogP contribution in [0.2, 0.25) is 0 Å². The van der Waals surface area contributed by atoms with E-state index in [1.807, 2.05) is 6.07 Å². The lowest BCUT2D eigenvalue weighted by molar-refractivity contribution is -0.922. The molecular weight excluding hydrogens is 501 g/mol. The molecule has 0 aromatic carbocycles. The third kappa shape index (κ3) is 6.89. The van der Waals surface area contributed by atoms with Gasteiger partial charge in [0.2, 0.25) is 0 Å². The normalized spacial score (nSPS) is 18.0. The molecule has 0 radical (unpaired) electrons. The molecule has 1 aliphatic carbocycles. The van der Waals surface area contributed by atoms with Crippen molar-refractivity contribution >= 4 is 11.8 Å². The molecule has 1 N–H and O–H groups in total. The Balaban J connectivity index is 1.40. The summed E-state index contributed by atoms with van der Waals surface area (Å²) in [6, 6.07) is 2.88. The number of carbonyl (C=O) groups is 1. The van der Waals surface area contributed by atoms with Crippen LogP contribution in [0.5, 0.6) is 0 Å². The molecule has 2 aromatic rings. The average molecular weight is 538 g/mol. The van der Waals surface area contributed by atoms with Crippen LogP contribution < -0.4 is 10.6 Å². The van der Waals surface area contributed by atoms with Gasteiger partial charge < -0.3 is 14.5 Å². The minimum Gasteiger partial charge on any atom is -0.477 e. The summed E-state index contributed by atoms with van der Waals surface area (Å²) in [6.45, 7) is 8.07. The number of aromatic nitrogens is 4. The molecule has 38 heavy (non-hydrogen) atoms. The minimum atomic E-state index is -4.59. The molecule has 0 amide bonds. The fourth-order valence-electron chi connectivity index (χ4n) is 4.89. The molecule has 208 valence electrons. The summed E-state index contributed by atoms with van der Waals surface area (Å²) in [5.74, 6) is -0.161.